The van der Waals surface area contributed by atoms with Gasteiger partial charge in [0.25, 0.3) is 5.91 Å². The van der Waals surface area contributed by atoms with Gasteiger partial charge in [-0.3, -0.25) is 4.79 Å². The van der Waals surface area contributed by atoms with E-state index < -0.39 is 0 Å². The van der Waals surface area contributed by atoms with Crippen LogP contribution in [0, 0.1) is 0 Å². The van der Waals surface area contributed by atoms with Crippen LogP contribution in [-0.4, -0.2) is 10.9 Å². The number of nitrogens with one attached hydrogen (secondary N) is 1. The van der Waals surface area contributed by atoms with Gasteiger partial charge in [0.15, 0.2) is 0 Å². The first-order valence-corrected chi connectivity index (χ1v) is 6.05. The minimum absolute atomic E-state index is 0.114. The lowest BCUT2D eigenvalue weighted by atomic mass is 10.0. The number of carbonyl (C=O) groups excluding carboxylic acids is 1. The van der Waals surface area contributed by atoms with E-state index in [2.05, 4.69) is 10.3 Å². The molecule has 0 aliphatic carbocycles. The van der Waals surface area contributed by atoms with Crippen molar-refractivity contribution in [2.75, 3.05) is 5.32 Å². The van der Waals surface area contributed by atoms with E-state index >= 15 is 0 Å². The Morgan fingerprint density at radius 3 is 2.74 bits per heavy atom. The lowest BCUT2D eigenvalue weighted by molar-refractivity contribution is -0.110. The van der Waals surface area contributed by atoms with Gasteiger partial charge in [-0.25, -0.2) is 4.98 Å². The Balaban J connectivity index is 2.01. The third-order valence-electron chi connectivity index (χ3n) is 3.10. The van der Waals surface area contributed by atoms with Crippen molar-refractivity contribution in [3.63, 3.8) is 0 Å². The number of nitrogens with zero attached hydrogens (tertiary/aromatic N) is 1. The fourth-order valence-electron chi connectivity index (χ4n) is 2.08. The maximum atomic E-state index is 11.9. The fraction of sp³-hybridized carbons (Fsp3) is 0.0667. The standard InChI is InChI=1S/C15H13N3O/c16-9-11-5-3-10(4-6-11)8-13-12-2-1-7-17-14(12)18-15(13)19/h1-8H,9,16H2,(H,17,18,19). The van der Waals surface area contributed by atoms with Gasteiger partial charge in [0, 0.05) is 18.3 Å². The minimum atomic E-state index is -0.114. The summed E-state index contributed by atoms with van der Waals surface area (Å²) < 4.78 is 0. The van der Waals surface area contributed by atoms with Gasteiger partial charge in [-0.15, -0.1) is 0 Å². The molecule has 1 aromatic carbocycles. The number of aromatic nitrogens is 1. The molecule has 94 valence electrons. The van der Waals surface area contributed by atoms with Crippen LogP contribution in [0.15, 0.2) is 42.6 Å². The number of hydrogen-bond donors (Lipinski definition) is 2. The molecule has 0 saturated carbocycles. The molecule has 0 spiro atoms. The first-order valence-electron chi connectivity index (χ1n) is 6.05. The van der Waals surface area contributed by atoms with Crippen molar-refractivity contribution in [3.8, 4) is 0 Å². The van der Waals surface area contributed by atoms with Crippen molar-refractivity contribution in [1.29, 1.82) is 0 Å². The Bertz CT molecular complexity index is 659. The molecule has 4 heteroatoms. The Morgan fingerprint density at radius 1 is 1.21 bits per heavy atom. The molecule has 2 heterocycles. The van der Waals surface area contributed by atoms with Crippen LogP contribution >= 0.6 is 0 Å². The zero-order valence-electron chi connectivity index (χ0n) is 10.3. The predicted octanol–water partition coefficient (Wildman–Crippen LogP) is 2.03. The van der Waals surface area contributed by atoms with Crippen molar-refractivity contribution in [1.82, 2.24) is 4.98 Å². The van der Waals surface area contributed by atoms with E-state index in [1.54, 1.807) is 6.20 Å². The summed E-state index contributed by atoms with van der Waals surface area (Å²) in [5, 5.41) is 2.75. The molecule has 0 unspecified atom stereocenters. The summed E-state index contributed by atoms with van der Waals surface area (Å²) in [5.74, 6) is 0.508. The second-order valence-electron chi connectivity index (χ2n) is 4.36. The van der Waals surface area contributed by atoms with Crippen LogP contribution < -0.4 is 11.1 Å². The molecular formula is C15H13N3O. The highest BCUT2D eigenvalue weighted by atomic mass is 16.2. The summed E-state index contributed by atoms with van der Waals surface area (Å²) in [6.45, 7) is 0.518. The van der Waals surface area contributed by atoms with Crippen molar-refractivity contribution in [3.05, 3.63) is 59.3 Å². The van der Waals surface area contributed by atoms with Crippen LogP contribution in [0.25, 0.3) is 11.6 Å². The normalized spacial score (nSPS) is 15.4. The predicted molar refractivity (Wildman–Crippen MR) is 75.1 cm³/mol. The smallest absolute Gasteiger partial charge is 0.257 e. The highest BCUT2D eigenvalue weighted by Crippen LogP contribution is 2.30. The van der Waals surface area contributed by atoms with Gasteiger partial charge in [0.05, 0.1) is 5.57 Å². The van der Waals surface area contributed by atoms with E-state index in [1.165, 1.54) is 0 Å². The summed E-state index contributed by atoms with van der Waals surface area (Å²) in [4.78, 5) is 16.1. The SMILES string of the molecule is NCc1ccc(C=C2C(=O)Nc3ncccc32)cc1. The summed E-state index contributed by atoms with van der Waals surface area (Å²) in [6, 6.07) is 11.5. The molecule has 2 aromatic rings. The number of carbonyl (C=O) groups is 1. The van der Waals surface area contributed by atoms with Gasteiger partial charge >= 0.3 is 0 Å². The van der Waals surface area contributed by atoms with Crippen molar-refractivity contribution >= 4 is 23.4 Å². The van der Waals surface area contributed by atoms with Crippen LogP contribution in [0.1, 0.15) is 16.7 Å². The number of anilines is 1. The maximum absolute atomic E-state index is 11.9. The number of hydrogen-bond acceptors (Lipinski definition) is 3. The molecule has 0 saturated heterocycles. The van der Waals surface area contributed by atoms with Crippen LogP contribution in [0.2, 0.25) is 0 Å². The third-order valence-corrected chi connectivity index (χ3v) is 3.10. The molecule has 1 aliphatic rings. The second-order valence-corrected chi connectivity index (χ2v) is 4.36. The Hall–Kier alpha value is -2.46. The molecule has 3 rings (SSSR count). The second kappa shape index (κ2) is 4.66. The maximum Gasteiger partial charge on any atom is 0.257 e. The lowest BCUT2D eigenvalue weighted by Crippen LogP contribution is -2.04. The van der Waals surface area contributed by atoms with Crippen molar-refractivity contribution in [2.45, 2.75) is 6.54 Å². The van der Waals surface area contributed by atoms with Gasteiger partial charge in [0.2, 0.25) is 0 Å². The molecule has 1 aromatic heterocycles. The van der Waals surface area contributed by atoms with E-state index in [1.807, 2.05) is 42.5 Å². The topological polar surface area (TPSA) is 68.0 Å². The highest BCUT2D eigenvalue weighted by molar-refractivity contribution is 6.34. The van der Waals surface area contributed by atoms with E-state index in [-0.39, 0.29) is 5.91 Å². The van der Waals surface area contributed by atoms with E-state index in [0.717, 1.165) is 16.7 Å². The summed E-state index contributed by atoms with van der Waals surface area (Å²) in [6.07, 6.45) is 3.53. The molecule has 3 N–H and O–H groups in total. The van der Waals surface area contributed by atoms with E-state index in [9.17, 15) is 4.79 Å². The van der Waals surface area contributed by atoms with Crippen LogP contribution in [-0.2, 0) is 11.3 Å². The summed E-state index contributed by atoms with van der Waals surface area (Å²) in [7, 11) is 0. The van der Waals surface area contributed by atoms with Crippen molar-refractivity contribution in [2.24, 2.45) is 5.73 Å². The Kier molecular flexibility index (Phi) is 2.85. The Labute approximate surface area is 111 Å². The van der Waals surface area contributed by atoms with E-state index in [4.69, 9.17) is 5.73 Å². The minimum Gasteiger partial charge on any atom is -0.326 e. The molecule has 0 atom stereocenters. The van der Waals surface area contributed by atoms with Crippen LogP contribution in [0.3, 0.4) is 0 Å². The molecule has 0 fully saturated rings. The number of nitrogens with two attached hydrogens (primary N) is 1. The largest absolute Gasteiger partial charge is 0.326 e. The first-order chi connectivity index (χ1) is 9.28. The molecule has 1 aliphatic heterocycles. The lowest BCUT2D eigenvalue weighted by Gasteiger charge is -2.00. The average molecular weight is 251 g/mol. The highest BCUT2D eigenvalue weighted by Gasteiger charge is 2.24. The fourth-order valence-corrected chi connectivity index (χ4v) is 2.08. The number of rotatable bonds is 2. The summed E-state index contributed by atoms with van der Waals surface area (Å²) >= 11 is 0. The zero-order valence-corrected chi connectivity index (χ0v) is 10.3. The van der Waals surface area contributed by atoms with Gasteiger partial charge in [-0.1, -0.05) is 24.3 Å². The molecule has 1 amide bonds. The van der Waals surface area contributed by atoms with Crippen molar-refractivity contribution < 1.29 is 4.79 Å². The summed E-state index contributed by atoms with van der Waals surface area (Å²) in [5.41, 5.74) is 9.09. The average Bonchev–Trinajstić information content (AvgIpc) is 2.76. The molecule has 19 heavy (non-hydrogen) atoms. The zero-order chi connectivity index (χ0) is 13.2. The van der Waals surface area contributed by atoms with Gasteiger partial charge < -0.3 is 11.1 Å². The first kappa shape index (κ1) is 11.6. The quantitative estimate of drug-likeness (QED) is 0.802. The third kappa shape index (κ3) is 2.13. The number of fused-ring (bicyclic) bond motifs is 1. The van der Waals surface area contributed by atoms with Gasteiger partial charge in [-0.2, -0.15) is 0 Å². The molecule has 0 radical (unpaired) electrons. The van der Waals surface area contributed by atoms with Crippen LogP contribution in [0.5, 0.6) is 0 Å². The van der Waals surface area contributed by atoms with E-state index in [0.29, 0.717) is 17.9 Å². The Morgan fingerprint density at radius 2 is 2.00 bits per heavy atom. The number of pyridine rings is 1. The van der Waals surface area contributed by atoms with Gasteiger partial charge in [0.1, 0.15) is 5.82 Å². The number of amides is 1. The molecular weight excluding hydrogens is 238 g/mol. The van der Waals surface area contributed by atoms with Gasteiger partial charge in [-0.05, 0) is 29.3 Å². The monoisotopic (exact) mass is 251 g/mol. The molecule has 4 nitrogen and oxygen atoms in total. The molecule has 0 bridgehead atoms. The number of benzene rings is 1. The van der Waals surface area contributed by atoms with Crippen LogP contribution in [0.4, 0.5) is 5.82 Å².